The molecule has 70 valence electrons. The van der Waals surface area contributed by atoms with E-state index in [9.17, 15) is 0 Å². The average molecular weight is 194 g/mol. The zero-order valence-corrected chi connectivity index (χ0v) is 9.03. The van der Waals surface area contributed by atoms with E-state index in [0.29, 0.717) is 14.9 Å². The molecule has 0 bridgehead atoms. The maximum atomic E-state index is 5.79. The Bertz CT molecular complexity index is 265. The lowest BCUT2D eigenvalue weighted by atomic mass is 10.4. The first-order chi connectivity index (χ1) is 6.29. The molecule has 3 atom stereocenters. The summed E-state index contributed by atoms with van der Waals surface area (Å²) in [7, 11) is 0.519. The number of hydrogen-bond acceptors (Lipinski definition) is 1. The second kappa shape index (κ2) is 3.77. The summed E-state index contributed by atoms with van der Waals surface area (Å²) in [6.45, 7) is 4.51. The molecule has 2 heteroatoms. The molecule has 1 aromatic rings. The third kappa shape index (κ3) is 2.10. The Labute approximate surface area is 81.4 Å². The van der Waals surface area contributed by atoms with Gasteiger partial charge in [0.25, 0.3) is 0 Å². The minimum absolute atomic E-state index is 0.513. The first-order valence-corrected chi connectivity index (χ1v) is 5.66. The van der Waals surface area contributed by atoms with E-state index in [4.69, 9.17) is 4.52 Å². The van der Waals surface area contributed by atoms with Crippen molar-refractivity contribution in [3.05, 3.63) is 30.3 Å². The highest BCUT2D eigenvalue weighted by Gasteiger charge is 2.43. The lowest BCUT2D eigenvalue weighted by Crippen LogP contribution is -1.96. The van der Waals surface area contributed by atoms with Crippen LogP contribution in [0.4, 0.5) is 0 Å². The van der Waals surface area contributed by atoms with Crippen LogP contribution in [0.15, 0.2) is 30.3 Å². The van der Waals surface area contributed by atoms with E-state index in [2.05, 4.69) is 38.1 Å². The van der Waals surface area contributed by atoms with E-state index in [1.807, 2.05) is 6.07 Å². The van der Waals surface area contributed by atoms with Crippen LogP contribution < -0.4 is 5.30 Å². The van der Waals surface area contributed by atoms with E-state index in [0.717, 1.165) is 11.8 Å². The van der Waals surface area contributed by atoms with Crippen LogP contribution in [0.1, 0.15) is 13.8 Å². The van der Waals surface area contributed by atoms with Crippen molar-refractivity contribution in [3.8, 4) is 0 Å². The highest BCUT2D eigenvalue weighted by molar-refractivity contribution is 7.41. The van der Waals surface area contributed by atoms with Crippen LogP contribution in [0, 0.1) is 11.8 Å². The van der Waals surface area contributed by atoms with Gasteiger partial charge in [0, 0.05) is 8.81 Å². The summed E-state index contributed by atoms with van der Waals surface area (Å²) in [6.07, 6.45) is 0.513. The lowest BCUT2D eigenvalue weighted by Gasteiger charge is -2.01. The normalized spacial score (nSPS) is 32.6. The van der Waals surface area contributed by atoms with Crippen molar-refractivity contribution in [2.45, 2.75) is 20.0 Å². The standard InChI is InChI=1S/C11H15OP/c1-8-9(2)11(8)12-13-10-6-4-3-5-7-10/h3-9,11,13H,1-2H3. The molecule has 2 rings (SSSR count). The summed E-state index contributed by atoms with van der Waals surface area (Å²) in [5, 5.41) is 1.30. The van der Waals surface area contributed by atoms with Gasteiger partial charge in [0.2, 0.25) is 0 Å². The zero-order chi connectivity index (χ0) is 9.26. The summed E-state index contributed by atoms with van der Waals surface area (Å²) in [6, 6.07) is 10.4. The summed E-state index contributed by atoms with van der Waals surface area (Å²) in [5.74, 6) is 1.52. The predicted octanol–water partition coefficient (Wildman–Crippen LogP) is 2.58. The molecule has 1 aromatic carbocycles. The molecular weight excluding hydrogens is 179 g/mol. The third-order valence-corrected chi connectivity index (χ3v) is 3.77. The Kier molecular flexibility index (Phi) is 2.66. The lowest BCUT2D eigenvalue weighted by molar-refractivity contribution is 0.322. The monoisotopic (exact) mass is 194 g/mol. The van der Waals surface area contributed by atoms with Gasteiger partial charge >= 0.3 is 0 Å². The van der Waals surface area contributed by atoms with Crippen LogP contribution in [0.3, 0.4) is 0 Å². The molecule has 0 saturated heterocycles. The summed E-state index contributed by atoms with van der Waals surface area (Å²) >= 11 is 0. The second-order valence-electron chi connectivity index (χ2n) is 3.77. The third-order valence-electron chi connectivity index (χ3n) is 2.81. The van der Waals surface area contributed by atoms with Crippen molar-refractivity contribution in [2.75, 3.05) is 0 Å². The van der Waals surface area contributed by atoms with Crippen LogP contribution in [0.2, 0.25) is 0 Å². The molecule has 3 unspecified atom stereocenters. The van der Waals surface area contributed by atoms with E-state index < -0.39 is 0 Å². The molecular formula is C11H15OP. The molecule has 1 aliphatic rings. The second-order valence-corrected chi connectivity index (χ2v) is 4.79. The maximum absolute atomic E-state index is 5.79. The minimum atomic E-state index is 0.513. The molecule has 0 radical (unpaired) electrons. The van der Waals surface area contributed by atoms with Gasteiger partial charge in [-0.3, -0.25) is 0 Å². The van der Waals surface area contributed by atoms with Gasteiger partial charge in [-0.2, -0.15) is 0 Å². The molecule has 0 heterocycles. The van der Waals surface area contributed by atoms with E-state index >= 15 is 0 Å². The SMILES string of the molecule is CC1C(C)C1OPc1ccccc1. The average Bonchev–Trinajstić information content (AvgIpc) is 2.73. The molecule has 0 aliphatic heterocycles. The summed E-state index contributed by atoms with van der Waals surface area (Å²) in [4.78, 5) is 0. The highest BCUT2D eigenvalue weighted by Crippen LogP contribution is 2.43. The molecule has 0 amide bonds. The van der Waals surface area contributed by atoms with Crippen molar-refractivity contribution < 1.29 is 4.52 Å². The fraction of sp³-hybridized carbons (Fsp3) is 0.455. The van der Waals surface area contributed by atoms with Crippen LogP contribution in [0.25, 0.3) is 0 Å². The van der Waals surface area contributed by atoms with Crippen LogP contribution in [-0.2, 0) is 4.52 Å². The highest BCUT2D eigenvalue weighted by atomic mass is 31.1. The number of hydrogen-bond donors (Lipinski definition) is 0. The van der Waals surface area contributed by atoms with Crippen LogP contribution in [0.5, 0.6) is 0 Å². The van der Waals surface area contributed by atoms with Gasteiger partial charge in [0.1, 0.15) is 0 Å². The summed E-state index contributed by atoms with van der Waals surface area (Å²) < 4.78 is 5.79. The smallest absolute Gasteiger partial charge is 0.0676 e. The quantitative estimate of drug-likeness (QED) is 0.672. The Morgan fingerprint density at radius 1 is 1.08 bits per heavy atom. The van der Waals surface area contributed by atoms with Crippen molar-refractivity contribution >= 4 is 14.1 Å². The molecule has 1 fully saturated rings. The molecule has 1 nitrogen and oxygen atoms in total. The van der Waals surface area contributed by atoms with Gasteiger partial charge in [-0.25, -0.2) is 0 Å². The topological polar surface area (TPSA) is 9.23 Å². The van der Waals surface area contributed by atoms with E-state index in [-0.39, 0.29) is 0 Å². The van der Waals surface area contributed by atoms with Gasteiger partial charge < -0.3 is 4.52 Å². The molecule has 1 saturated carbocycles. The van der Waals surface area contributed by atoms with Crippen molar-refractivity contribution in [2.24, 2.45) is 11.8 Å². The van der Waals surface area contributed by atoms with Crippen molar-refractivity contribution in [3.63, 3.8) is 0 Å². The molecule has 1 aliphatic carbocycles. The molecule has 0 spiro atoms. The van der Waals surface area contributed by atoms with Gasteiger partial charge in [-0.15, -0.1) is 0 Å². The fourth-order valence-electron chi connectivity index (χ4n) is 1.47. The summed E-state index contributed by atoms with van der Waals surface area (Å²) in [5.41, 5.74) is 0. The first kappa shape index (κ1) is 9.18. The fourth-order valence-corrected chi connectivity index (χ4v) is 2.50. The van der Waals surface area contributed by atoms with Crippen molar-refractivity contribution in [1.82, 2.24) is 0 Å². The molecule has 0 N–H and O–H groups in total. The van der Waals surface area contributed by atoms with E-state index in [1.165, 1.54) is 5.30 Å². The van der Waals surface area contributed by atoms with Crippen LogP contribution in [-0.4, -0.2) is 6.10 Å². The van der Waals surface area contributed by atoms with Crippen LogP contribution >= 0.6 is 8.81 Å². The number of rotatable bonds is 3. The predicted molar refractivity (Wildman–Crippen MR) is 57.6 cm³/mol. The largest absolute Gasteiger partial charge is 0.354 e. The first-order valence-electron chi connectivity index (χ1n) is 4.76. The number of benzene rings is 1. The molecule has 13 heavy (non-hydrogen) atoms. The van der Waals surface area contributed by atoms with Gasteiger partial charge in [0.05, 0.1) is 6.10 Å². The molecule has 0 aromatic heterocycles. The van der Waals surface area contributed by atoms with Crippen molar-refractivity contribution in [1.29, 1.82) is 0 Å². The Balaban J connectivity index is 1.81. The maximum Gasteiger partial charge on any atom is 0.0676 e. The van der Waals surface area contributed by atoms with E-state index in [1.54, 1.807) is 0 Å². The van der Waals surface area contributed by atoms with Gasteiger partial charge in [-0.05, 0) is 17.1 Å². The Hall–Kier alpha value is -0.390. The zero-order valence-electron chi connectivity index (χ0n) is 8.03. The van der Waals surface area contributed by atoms with Gasteiger partial charge in [-0.1, -0.05) is 44.2 Å². The Morgan fingerprint density at radius 3 is 2.23 bits per heavy atom. The Morgan fingerprint density at radius 2 is 1.69 bits per heavy atom. The minimum Gasteiger partial charge on any atom is -0.354 e. The van der Waals surface area contributed by atoms with Gasteiger partial charge in [0.15, 0.2) is 0 Å².